The summed E-state index contributed by atoms with van der Waals surface area (Å²) in [5.74, 6) is -2.72. The first-order valence-corrected chi connectivity index (χ1v) is 12.2. The van der Waals surface area contributed by atoms with Gasteiger partial charge in [-0.05, 0) is 30.3 Å². The van der Waals surface area contributed by atoms with Crippen molar-refractivity contribution in [1.82, 2.24) is 25.9 Å². The van der Waals surface area contributed by atoms with Crippen molar-refractivity contribution in [2.75, 3.05) is 12.0 Å². The third-order valence-corrected chi connectivity index (χ3v) is 5.75. The fraction of sp³-hybridized carbons (Fsp3) is 0.667. The lowest BCUT2D eigenvalue weighted by atomic mass is 10.0. The second-order valence-electron chi connectivity index (χ2n) is 8.52. The standard InChI is InChI=1S/C21H36N6O5S/c1-11(2)16(22)20(30)26-15(8-13-9-23-10-24-13)19(29)25-14(6-7-33-5)18(28)27-17(12(3)4)21(31)32/h9-12,14-17H,6-8,22H2,1-5H3,(H,23,24)(H,25,29)(H,26,30)(H,27,28)(H,31,32). The van der Waals surface area contributed by atoms with Gasteiger partial charge in [0.2, 0.25) is 17.7 Å². The monoisotopic (exact) mass is 484 g/mol. The molecule has 0 saturated carbocycles. The van der Waals surface area contributed by atoms with Gasteiger partial charge in [-0.2, -0.15) is 11.8 Å². The summed E-state index contributed by atoms with van der Waals surface area (Å²) in [4.78, 5) is 56.8. The number of aromatic amines is 1. The van der Waals surface area contributed by atoms with E-state index in [2.05, 4.69) is 25.9 Å². The maximum atomic E-state index is 13.1. The van der Waals surface area contributed by atoms with Gasteiger partial charge < -0.3 is 31.8 Å². The highest BCUT2D eigenvalue weighted by atomic mass is 32.2. The Bertz CT molecular complexity index is 786. The van der Waals surface area contributed by atoms with Crippen molar-refractivity contribution in [3.63, 3.8) is 0 Å². The summed E-state index contributed by atoms with van der Waals surface area (Å²) in [6.07, 6.45) is 5.26. The summed E-state index contributed by atoms with van der Waals surface area (Å²) in [5.41, 5.74) is 6.54. The van der Waals surface area contributed by atoms with Crippen LogP contribution in [0.25, 0.3) is 0 Å². The fourth-order valence-electron chi connectivity index (χ4n) is 2.94. The van der Waals surface area contributed by atoms with Crippen LogP contribution in [0.2, 0.25) is 0 Å². The number of amides is 3. The Morgan fingerprint density at radius 2 is 1.64 bits per heavy atom. The number of carboxylic acids is 1. The molecule has 0 radical (unpaired) electrons. The van der Waals surface area contributed by atoms with Crippen molar-refractivity contribution >= 4 is 35.5 Å². The molecular weight excluding hydrogens is 448 g/mol. The molecule has 0 aliphatic rings. The minimum Gasteiger partial charge on any atom is -0.480 e. The zero-order valence-electron chi connectivity index (χ0n) is 19.8. The molecule has 0 saturated heterocycles. The fourth-order valence-corrected chi connectivity index (χ4v) is 3.41. The van der Waals surface area contributed by atoms with Gasteiger partial charge >= 0.3 is 5.97 Å². The maximum absolute atomic E-state index is 13.1. The van der Waals surface area contributed by atoms with Crippen LogP contribution >= 0.6 is 11.8 Å². The number of nitrogens with two attached hydrogens (primary N) is 1. The van der Waals surface area contributed by atoms with E-state index in [9.17, 15) is 24.3 Å². The number of hydrogen-bond donors (Lipinski definition) is 6. The Labute approximate surface area is 198 Å². The molecule has 0 spiro atoms. The van der Waals surface area contributed by atoms with E-state index in [4.69, 9.17) is 5.73 Å². The molecule has 0 bridgehead atoms. The molecular formula is C21H36N6O5S. The van der Waals surface area contributed by atoms with Crippen molar-refractivity contribution in [2.24, 2.45) is 17.6 Å². The summed E-state index contributed by atoms with van der Waals surface area (Å²) in [7, 11) is 0. The number of nitrogens with zero attached hydrogens (tertiary/aromatic N) is 1. The molecule has 4 unspecified atom stereocenters. The molecule has 11 nitrogen and oxygen atoms in total. The molecule has 1 heterocycles. The highest BCUT2D eigenvalue weighted by Gasteiger charge is 2.31. The highest BCUT2D eigenvalue weighted by molar-refractivity contribution is 7.98. The van der Waals surface area contributed by atoms with Gasteiger partial charge in [-0.3, -0.25) is 14.4 Å². The van der Waals surface area contributed by atoms with E-state index in [1.54, 1.807) is 27.7 Å². The molecule has 4 atom stereocenters. The van der Waals surface area contributed by atoms with E-state index in [0.717, 1.165) is 0 Å². The second kappa shape index (κ2) is 13.8. The first-order valence-electron chi connectivity index (χ1n) is 10.8. The van der Waals surface area contributed by atoms with Crippen LogP contribution in [0.15, 0.2) is 12.5 Å². The van der Waals surface area contributed by atoms with E-state index in [1.165, 1.54) is 24.3 Å². The summed E-state index contributed by atoms with van der Waals surface area (Å²) >= 11 is 1.49. The van der Waals surface area contributed by atoms with Gasteiger partial charge in [-0.25, -0.2) is 9.78 Å². The van der Waals surface area contributed by atoms with Crippen LogP contribution in [-0.4, -0.2) is 74.9 Å². The molecule has 33 heavy (non-hydrogen) atoms. The van der Waals surface area contributed by atoms with E-state index >= 15 is 0 Å². The number of hydrogen-bond acceptors (Lipinski definition) is 7. The molecule has 7 N–H and O–H groups in total. The minimum atomic E-state index is -1.15. The molecule has 3 amide bonds. The van der Waals surface area contributed by atoms with Crippen molar-refractivity contribution in [1.29, 1.82) is 0 Å². The Hall–Kier alpha value is -2.60. The summed E-state index contributed by atoms with van der Waals surface area (Å²) in [5, 5.41) is 17.2. The molecule has 0 fully saturated rings. The normalized spacial score (nSPS) is 14.9. The maximum Gasteiger partial charge on any atom is 0.326 e. The lowest BCUT2D eigenvalue weighted by Crippen LogP contribution is -2.58. The van der Waals surface area contributed by atoms with E-state index in [-0.39, 0.29) is 18.3 Å². The molecule has 0 aliphatic heterocycles. The molecule has 186 valence electrons. The van der Waals surface area contributed by atoms with Crippen LogP contribution in [0.3, 0.4) is 0 Å². The summed E-state index contributed by atoms with van der Waals surface area (Å²) < 4.78 is 0. The second-order valence-corrected chi connectivity index (χ2v) is 9.51. The number of aliphatic carboxylic acids is 1. The van der Waals surface area contributed by atoms with Gasteiger partial charge in [0, 0.05) is 18.3 Å². The first-order chi connectivity index (χ1) is 15.5. The predicted octanol–water partition coefficient (Wildman–Crippen LogP) is -0.116. The third-order valence-electron chi connectivity index (χ3n) is 5.11. The number of aromatic nitrogens is 2. The van der Waals surface area contributed by atoms with Crippen LogP contribution < -0.4 is 21.7 Å². The molecule has 0 aliphatic carbocycles. The zero-order valence-corrected chi connectivity index (χ0v) is 20.6. The number of rotatable bonds is 14. The largest absolute Gasteiger partial charge is 0.480 e. The van der Waals surface area contributed by atoms with Gasteiger partial charge in [-0.1, -0.05) is 27.7 Å². The van der Waals surface area contributed by atoms with Crippen LogP contribution in [-0.2, 0) is 25.6 Å². The van der Waals surface area contributed by atoms with Gasteiger partial charge in [0.25, 0.3) is 0 Å². The topological polar surface area (TPSA) is 179 Å². The third kappa shape index (κ3) is 9.42. The van der Waals surface area contributed by atoms with Crippen LogP contribution in [0.5, 0.6) is 0 Å². The van der Waals surface area contributed by atoms with Crippen LogP contribution in [0.4, 0.5) is 0 Å². The van der Waals surface area contributed by atoms with Crippen molar-refractivity contribution in [3.05, 3.63) is 18.2 Å². The molecule has 1 aromatic rings. The van der Waals surface area contributed by atoms with Gasteiger partial charge in [-0.15, -0.1) is 0 Å². The lowest BCUT2D eigenvalue weighted by molar-refractivity contribution is -0.143. The number of imidazole rings is 1. The van der Waals surface area contributed by atoms with Crippen molar-refractivity contribution in [2.45, 2.75) is 64.7 Å². The SMILES string of the molecule is CSCCC(NC(=O)C(Cc1cnc[nH]1)NC(=O)C(N)C(C)C)C(=O)NC(C(=O)O)C(C)C. The molecule has 0 aromatic carbocycles. The lowest BCUT2D eigenvalue weighted by Gasteiger charge is -2.26. The van der Waals surface area contributed by atoms with Gasteiger partial charge in [0.1, 0.15) is 18.1 Å². The van der Waals surface area contributed by atoms with E-state index in [0.29, 0.717) is 17.9 Å². The Balaban J connectivity index is 3.03. The van der Waals surface area contributed by atoms with E-state index < -0.39 is 47.9 Å². The number of thioether (sulfide) groups is 1. The Morgan fingerprint density at radius 1 is 1.03 bits per heavy atom. The Morgan fingerprint density at radius 3 is 2.12 bits per heavy atom. The van der Waals surface area contributed by atoms with E-state index in [1.807, 2.05) is 6.26 Å². The number of H-pyrrole nitrogens is 1. The first kappa shape index (κ1) is 28.4. The summed E-state index contributed by atoms with van der Waals surface area (Å²) in [6.45, 7) is 6.96. The molecule has 1 rings (SSSR count). The Kier molecular flexibility index (Phi) is 11.9. The van der Waals surface area contributed by atoms with Crippen LogP contribution in [0.1, 0.15) is 39.8 Å². The number of nitrogens with one attached hydrogen (secondary N) is 4. The highest BCUT2D eigenvalue weighted by Crippen LogP contribution is 2.08. The van der Waals surface area contributed by atoms with Crippen LogP contribution in [0, 0.1) is 11.8 Å². The smallest absolute Gasteiger partial charge is 0.326 e. The quantitative estimate of drug-likeness (QED) is 0.211. The van der Waals surface area contributed by atoms with Gasteiger partial charge in [0.05, 0.1) is 12.4 Å². The predicted molar refractivity (Wildman–Crippen MR) is 126 cm³/mol. The van der Waals surface area contributed by atoms with Gasteiger partial charge in [0.15, 0.2) is 0 Å². The molecule has 12 heteroatoms. The van der Waals surface area contributed by atoms with Crippen molar-refractivity contribution < 1.29 is 24.3 Å². The average molecular weight is 485 g/mol. The van der Waals surface area contributed by atoms with Crippen molar-refractivity contribution in [3.8, 4) is 0 Å². The average Bonchev–Trinajstić information content (AvgIpc) is 3.25. The molecule has 1 aromatic heterocycles. The summed E-state index contributed by atoms with van der Waals surface area (Å²) in [6, 6.07) is -3.87. The minimum absolute atomic E-state index is 0.114. The zero-order chi connectivity index (χ0) is 25.1. The number of carbonyl (C=O) groups excluding carboxylic acids is 3. The number of carbonyl (C=O) groups is 4. The number of carboxylic acid groups (broad SMARTS) is 1.